The molecule has 1 aromatic heterocycles. The van der Waals surface area contributed by atoms with Crippen LogP contribution in [-0.2, 0) is 5.75 Å². The van der Waals surface area contributed by atoms with Gasteiger partial charge in [0.25, 0.3) is 0 Å². The first-order valence-corrected chi connectivity index (χ1v) is 6.19. The molecule has 16 heavy (non-hydrogen) atoms. The number of nitrogens with two attached hydrogens (primary N) is 1. The van der Waals surface area contributed by atoms with Crippen molar-refractivity contribution in [2.45, 2.75) is 37.5 Å². The third-order valence-corrected chi connectivity index (χ3v) is 3.32. The van der Waals surface area contributed by atoms with Crippen molar-refractivity contribution < 1.29 is 4.52 Å². The Morgan fingerprint density at radius 1 is 1.56 bits per heavy atom. The molecule has 1 aliphatic carbocycles. The van der Waals surface area contributed by atoms with Gasteiger partial charge in [0.05, 0.1) is 18.0 Å². The zero-order valence-corrected chi connectivity index (χ0v) is 10.6. The molecule has 2 rings (SSSR count). The summed E-state index contributed by atoms with van der Waals surface area (Å²) in [6, 6.07) is 2.29. The summed E-state index contributed by atoms with van der Waals surface area (Å²) in [4.78, 5) is 4.47. The standard InChI is InChI=1S/C10H15N3OS.ClH/c11-10(13-8-3-1-2-4-8)15-7-9-5-6-12-14-9;/h5-6,8H,1-4,7H2,(H2,11,13);1H. The molecule has 0 spiro atoms. The minimum absolute atomic E-state index is 0. The molecule has 0 atom stereocenters. The fourth-order valence-electron chi connectivity index (χ4n) is 1.71. The van der Waals surface area contributed by atoms with E-state index in [1.807, 2.05) is 6.07 Å². The van der Waals surface area contributed by atoms with Crippen LogP contribution in [0.1, 0.15) is 31.4 Å². The van der Waals surface area contributed by atoms with Gasteiger partial charge in [0, 0.05) is 6.07 Å². The van der Waals surface area contributed by atoms with Crippen LogP contribution in [0.2, 0.25) is 0 Å². The van der Waals surface area contributed by atoms with Gasteiger partial charge in [-0.25, -0.2) is 0 Å². The molecule has 1 heterocycles. The molecule has 2 N–H and O–H groups in total. The predicted molar refractivity (Wildman–Crippen MR) is 68.9 cm³/mol. The van der Waals surface area contributed by atoms with Crippen molar-refractivity contribution in [1.82, 2.24) is 5.16 Å². The van der Waals surface area contributed by atoms with E-state index < -0.39 is 0 Å². The maximum atomic E-state index is 5.82. The Balaban J connectivity index is 0.00000128. The average Bonchev–Trinajstić information content (AvgIpc) is 2.86. The van der Waals surface area contributed by atoms with E-state index in [9.17, 15) is 0 Å². The maximum Gasteiger partial charge on any atom is 0.154 e. The lowest BCUT2D eigenvalue weighted by atomic mass is 10.3. The molecule has 1 saturated carbocycles. The highest BCUT2D eigenvalue weighted by atomic mass is 35.5. The summed E-state index contributed by atoms with van der Waals surface area (Å²) in [6.45, 7) is 0. The normalized spacial score (nSPS) is 17.4. The molecule has 0 bridgehead atoms. The molecule has 1 aromatic rings. The molecule has 0 radical (unpaired) electrons. The lowest BCUT2D eigenvalue weighted by Gasteiger charge is -2.03. The number of aromatic nitrogens is 1. The molecule has 0 aromatic carbocycles. The molecule has 6 heteroatoms. The third-order valence-electron chi connectivity index (χ3n) is 2.49. The van der Waals surface area contributed by atoms with Gasteiger partial charge in [-0.3, -0.25) is 4.99 Å². The van der Waals surface area contributed by atoms with Crippen LogP contribution in [-0.4, -0.2) is 16.4 Å². The number of thioether (sulfide) groups is 1. The van der Waals surface area contributed by atoms with Crippen molar-refractivity contribution in [3.8, 4) is 0 Å². The van der Waals surface area contributed by atoms with E-state index in [-0.39, 0.29) is 12.4 Å². The minimum atomic E-state index is 0. The number of amidine groups is 1. The number of halogens is 1. The van der Waals surface area contributed by atoms with Crippen molar-refractivity contribution >= 4 is 29.3 Å². The molecule has 0 unspecified atom stereocenters. The maximum absolute atomic E-state index is 5.82. The Kier molecular flexibility index (Phi) is 5.69. The van der Waals surface area contributed by atoms with Crippen LogP contribution >= 0.6 is 24.2 Å². The fraction of sp³-hybridized carbons (Fsp3) is 0.600. The molecular formula is C10H16ClN3OS. The van der Waals surface area contributed by atoms with Gasteiger partial charge in [-0.15, -0.1) is 12.4 Å². The molecule has 1 aliphatic rings. The molecule has 0 amide bonds. The van der Waals surface area contributed by atoms with Gasteiger partial charge >= 0.3 is 0 Å². The van der Waals surface area contributed by atoms with E-state index in [1.54, 1.807) is 6.20 Å². The quantitative estimate of drug-likeness (QED) is 0.671. The second-order valence-corrected chi connectivity index (χ2v) is 4.67. The number of hydrogen-bond donors (Lipinski definition) is 1. The van der Waals surface area contributed by atoms with E-state index in [0.717, 1.165) is 5.76 Å². The molecule has 4 nitrogen and oxygen atoms in total. The first-order valence-electron chi connectivity index (χ1n) is 5.20. The average molecular weight is 262 g/mol. The van der Waals surface area contributed by atoms with Crippen molar-refractivity contribution in [2.24, 2.45) is 10.7 Å². The zero-order valence-electron chi connectivity index (χ0n) is 8.96. The molecule has 90 valence electrons. The second-order valence-electron chi connectivity index (χ2n) is 3.67. The summed E-state index contributed by atoms with van der Waals surface area (Å²) in [6.07, 6.45) is 6.58. The van der Waals surface area contributed by atoms with Crippen LogP contribution in [0, 0.1) is 0 Å². The predicted octanol–water partition coefficient (Wildman–Crippen LogP) is 2.59. The van der Waals surface area contributed by atoms with Crippen LogP contribution in [0.15, 0.2) is 21.8 Å². The van der Waals surface area contributed by atoms with Gasteiger partial charge in [-0.05, 0) is 12.8 Å². The minimum Gasteiger partial charge on any atom is -0.379 e. The number of nitrogens with zero attached hydrogens (tertiary/aromatic N) is 2. The molecule has 1 fully saturated rings. The zero-order chi connectivity index (χ0) is 10.5. The van der Waals surface area contributed by atoms with Crippen LogP contribution in [0.5, 0.6) is 0 Å². The molecular weight excluding hydrogens is 246 g/mol. The summed E-state index contributed by atoms with van der Waals surface area (Å²) in [5.74, 6) is 1.55. The van der Waals surface area contributed by atoms with Crippen molar-refractivity contribution in [3.63, 3.8) is 0 Å². The highest BCUT2D eigenvalue weighted by Crippen LogP contribution is 2.22. The van der Waals surface area contributed by atoms with E-state index in [0.29, 0.717) is 17.0 Å². The summed E-state index contributed by atoms with van der Waals surface area (Å²) in [5, 5.41) is 4.30. The van der Waals surface area contributed by atoms with Gasteiger partial charge in [0.2, 0.25) is 0 Å². The Bertz CT molecular complexity index is 323. The monoisotopic (exact) mass is 261 g/mol. The number of aliphatic imine (C=N–C) groups is 1. The number of rotatable bonds is 3. The lowest BCUT2D eigenvalue weighted by Crippen LogP contribution is -2.11. The van der Waals surface area contributed by atoms with Gasteiger partial charge in [0.1, 0.15) is 5.76 Å². The summed E-state index contributed by atoms with van der Waals surface area (Å²) < 4.78 is 4.97. The lowest BCUT2D eigenvalue weighted by molar-refractivity contribution is 0.395. The summed E-state index contributed by atoms with van der Waals surface area (Å²) in [7, 11) is 0. The highest BCUT2D eigenvalue weighted by Gasteiger charge is 2.14. The Labute approximate surface area is 105 Å². The van der Waals surface area contributed by atoms with Crippen LogP contribution in [0.4, 0.5) is 0 Å². The molecule has 0 saturated heterocycles. The van der Waals surface area contributed by atoms with Gasteiger partial charge in [0.15, 0.2) is 5.17 Å². The van der Waals surface area contributed by atoms with Crippen molar-refractivity contribution in [3.05, 3.63) is 18.0 Å². The third kappa shape index (κ3) is 4.06. The number of hydrogen-bond acceptors (Lipinski definition) is 4. The SMILES string of the molecule is Cl.NC(=NC1CCCC1)SCc1ccno1. The van der Waals surface area contributed by atoms with Crippen LogP contribution < -0.4 is 5.73 Å². The topological polar surface area (TPSA) is 64.4 Å². The summed E-state index contributed by atoms with van der Waals surface area (Å²) in [5.41, 5.74) is 5.82. The largest absolute Gasteiger partial charge is 0.379 e. The summed E-state index contributed by atoms with van der Waals surface area (Å²) >= 11 is 1.51. The van der Waals surface area contributed by atoms with Gasteiger partial charge in [-0.2, -0.15) is 0 Å². The first kappa shape index (κ1) is 13.4. The van der Waals surface area contributed by atoms with Crippen molar-refractivity contribution in [1.29, 1.82) is 0 Å². The van der Waals surface area contributed by atoms with E-state index in [1.165, 1.54) is 37.4 Å². The van der Waals surface area contributed by atoms with Crippen LogP contribution in [0.3, 0.4) is 0 Å². The van der Waals surface area contributed by atoms with E-state index in [2.05, 4.69) is 10.1 Å². The highest BCUT2D eigenvalue weighted by molar-refractivity contribution is 8.13. The second kappa shape index (κ2) is 6.81. The van der Waals surface area contributed by atoms with E-state index >= 15 is 0 Å². The fourth-order valence-corrected chi connectivity index (χ4v) is 2.37. The smallest absolute Gasteiger partial charge is 0.154 e. The Morgan fingerprint density at radius 2 is 2.31 bits per heavy atom. The molecule has 0 aliphatic heterocycles. The van der Waals surface area contributed by atoms with E-state index in [4.69, 9.17) is 10.3 Å². The van der Waals surface area contributed by atoms with Gasteiger partial charge in [-0.1, -0.05) is 29.8 Å². The van der Waals surface area contributed by atoms with Crippen molar-refractivity contribution in [2.75, 3.05) is 0 Å². The Morgan fingerprint density at radius 3 is 2.94 bits per heavy atom. The van der Waals surface area contributed by atoms with Crippen LogP contribution in [0.25, 0.3) is 0 Å². The Hall–Kier alpha value is -0.680. The van der Waals surface area contributed by atoms with Gasteiger partial charge < -0.3 is 10.3 Å². The first-order chi connectivity index (χ1) is 7.34.